The van der Waals surface area contributed by atoms with E-state index in [0.717, 1.165) is 9.37 Å². The molecule has 0 aliphatic carbocycles. The standard InChI is InChI=1S/C11H14BrF2N/c1-3-15(4-2)11(13,14)9-5-7-10(12)8-6-9/h5-8H,3-4H2,1-2H3. The van der Waals surface area contributed by atoms with Gasteiger partial charge in [0.25, 0.3) is 0 Å². The van der Waals surface area contributed by atoms with Crippen molar-refractivity contribution in [3.8, 4) is 0 Å². The van der Waals surface area contributed by atoms with Crippen LogP contribution in [0.25, 0.3) is 0 Å². The third-order valence-corrected chi connectivity index (χ3v) is 2.88. The van der Waals surface area contributed by atoms with Crippen molar-refractivity contribution in [1.29, 1.82) is 0 Å². The number of hydrogen-bond donors (Lipinski definition) is 0. The van der Waals surface area contributed by atoms with Gasteiger partial charge in [0, 0.05) is 23.1 Å². The maximum absolute atomic E-state index is 13.9. The first kappa shape index (κ1) is 12.6. The second-order valence-corrected chi connectivity index (χ2v) is 4.14. The molecular formula is C11H14BrF2N. The van der Waals surface area contributed by atoms with E-state index in [4.69, 9.17) is 0 Å². The lowest BCUT2D eigenvalue weighted by Gasteiger charge is -2.29. The molecule has 1 rings (SSSR count). The average molecular weight is 278 g/mol. The summed E-state index contributed by atoms with van der Waals surface area (Å²) in [4.78, 5) is 1.14. The fourth-order valence-corrected chi connectivity index (χ4v) is 1.72. The number of halogens is 3. The van der Waals surface area contributed by atoms with E-state index in [9.17, 15) is 8.78 Å². The highest BCUT2D eigenvalue weighted by molar-refractivity contribution is 9.10. The van der Waals surface area contributed by atoms with Crippen LogP contribution in [0, 0.1) is 0 Å². The Morgan fingerprint density at radius 2 is 1.60 bits per heavy atom. The van der Waals surface area contributed by atoms with E-state index in [1.165, 1.54) is 12.1 Å². The van der Waals surface area contributed by atoms with Gasteiger partial charge in [0.1, 0.15) is 0 Å². The Morgan fingerprint density at radius 1 is 1.13 bits per heavy atom. The van der Waals surface area contributed by atoms with E-state index in [1.807, 2.05) is 0 Å². The van der Waals surface area contributed by atoms with E-state index in [2.05, 4.69) is 15.9 Å². The molecule has 0 amide bonds. The SMILES string of the molecule is CCN(CC)C(F)(F)c1ccc(Br)cc1. The van der Waals surface area contributed by atoms with E-state index < -0.39 is 6.05 Å². The van der Waals surface area contributed by atoms with Crippen molar-refractivity contribution in [1.82, 2.24) is 4.90 Å². The Labute approximate surface area is 97.2 Å². The number of hydrogen-bond acceptors (Lipinski definition) is 1. The molecule has 0 saturated heterocycles. The Balaban J connectivity index is 2.98. The van der Waals surface area contributed by atoms with E-state index in [-0.39, 0.29) is 5.56 Å². The normalized spacial score (nSPS) is 12.1. The summed E-state index contributed by atoms with van der Waals surface area (Å²) in [7, 11) is 0. The fraction of sp³-hybridized carbons (Fsp3) is 0.455. The first-order valence-corrected chi connectivity index (χ1v) is 5.70. The quantitative estimate of drug-likeness (QED) is 0.756. The summed E-state index contributed by atoms with van der Waals surface area (Å²) in [6.45, 7) is 4.13. The molecule has 0 heterocycles. The van der Waals surface area contributed by atoms with Crippen molar-refractivity contribution < 1.29 is 8.78 Å². The Morgan fingerprint density at radius 3 is 2.00 bits per heavy atom. The van der Waals surface area contributed by atoms with Crippen molar-refractivity contribution in [2.24, 2.45) is 0 Å². The van der Waals surface area contributed by atoms with Gasteiger partial charge in [0.05, 0.1) is 0 Å². The van der Waals surface area contributed by atoms with Gasteiger partial charge in [-0.05, 0) is 12.1 Å². The van der Waals surface area contributed by atoms with Crippen LogP contribution in [-0.2, 0) is 6.05 Å². The van der Waals surface area contributed by atoms with Crippen LogP contribution in [0.4, 0.5) is 8.78 Å². The summed E-state index contributed by atoms with van der Waals surface area (Å²) in [5, 5.41) is 0. The lowest BCUT2D eigenvalue weighted by Crippen LogP contribution is -2.38. The van der Waals surface area contributed by atoms with Gasteiger partial charge in [-0.3, -0.25) is 0 Å². The number of alkyl halides is 2. The molecule has 0 unspecified atom stereocenters. The van der Waals surface area contributed by atoms with Gasteiger partial charge < -0.3 is 0 Å². The zero-order valence-corrected chi connectivity index (χ0v) is 10.4. The number of nitrogens with zero attached hydrogens (tertiary/aromatic N) is 1. The fourth-order valence-electron chi connectivity index (χ4n) is 1.45. The summed E-state index contributed by atoms with van der Waals surface area (Å²) >= 11 is 3.22. The van der Waals surface area contributed by atoms with Gasteiger partial charge in [-0.25, -0.2) is 4.90 Å². The van der Waals surface area contributed by atoms with Crippen molar-refractivity contribution >= 4 is 15.9 Å². The van der Waals surface area contributed by atoms with Crippen molar-refractivity contribution in [2.45, 2.75) is 19.9 Å². The Bertz CT molecular complexity index is 307. The molecule has 15 heavy (non-hydrogen) atoms. The van der Waals surface area contributed by atoms with Crippen molar-refractivity contribution in [2.75, 3.05) is 13.1 Å². The van der Waals surface area contributed by atoms with Gasteiger partial charge in [0.15, 0.2) is 0 Å². The Hall–Kier alpha value is -0.480. The predicted molar refractivity (Wildman–Crippen MR) is 61.0 cm³/mol. The second-order valence-electron chi connectivity index (χ2n) is 3.22. The van der Waals surface area contributed by atoms with Gasteiger partial charge in [-0.1, -0.05) is 41.9 Å². The van der Waals surface area contributed by atoms with Crippen molar-refractivity contribution in [3.63, 3.8) is 0 Å². The Kier molecular flexibility index (Phi) is 4.22. The van der Waals surface area contributed by atoms with Crippen LogP contribution in [-0.4, -0.2) is 18.0 Å². The minimum atomic E-state index is -2.88. The van der Waals surface area contributed by atoms with E-state index in [0.29, 0.717) is 13.1 Å². The highest BCUT2D eigenvalue weighted by Gasteiger charge is 2.36. The van der Waals surface area contributed by atoms with Gasteiger partial charge in [-0.15, -0.1) is 0 Å². The van der Waals surface area contributed by atoms with Crippen LogP contribution in [0.5, 0.6) is 0 Å². The summed E-state index contributed by atoms with van der Waals surface area (Å²) in [5.41, 5.74) is 0.0365. The van der Waals surface area contributed by atoms with Crippen LogP contribution in [0.1, 0.15) is 19.4 Å². The molecule has 1 aromatic carbocycles. The third-order valence-electron chi connectivity index (χ3n) is 2.35. The summed E-state index contributed by atoms with van der Waals surface area (Å²) in [5.74, 6) is 0. The zero-order chi connectivity index (χ0) is 11.5. The lowest BCUT2D eigenvalue weighted by molar-refractivity contribution is -0.150. The lowest BCUT2D eigenvalue weighted by atomic mass is 10.1. The molecule has 1 aromatic rings. The molecule has 0 bridgehead atoms. The van der Waals surface area contributed by atoms with Gasteiger partial charge in [-0.2, -0.15) is 8.78 Å². The predicted octanol–water partition coefficient (Wildman–Crippen LogP) is 3.84. The minimum absolute atomic E-state index is 0.0365. The molecule has 0 N–H and O–H groups in total. The average Bonchev–Trinajstić information content (AvgIpc) is 2.19. The molecule has 0 fully saturated rings. The summed E-state index contributed by atoms with van der Waals surface area (Å²) in [6.07, 6.45) is 0. The smallest absolute Gasteiger partial charge is 0.241 e. The molecule has 0 aromatic heterocycles. The minimum Gasteiger partial charge on any atom is -0.241 e. The molecule has 0 spiro atoms. The molecule has 4 heteroatoms. The molecule has 0 saturated carbocycles. The molecule has 1 nitrogen and oxygen atoms in total. The second kappa shape index (κ2) is 5.03. The number of benzene rings is 1. The zero-order valence-electron chi connectivity index (χ0n) is 8.80. The topological polar surface area (TPSA) is 3.24 Å². The van der Waals surface area contributed by atoms with Crippen LogP contribution in [0.2, 0.25) is 0 Å². The molecule has 0 radical (unpaired) electrons. The third kappa shape index (κ3) is 2.75. The highest BCUT2D eigenvalue weighted by Crippen LogP contribution is 2.32. The summed E-state index contributed by atoms with van der Waals surface area (Å²) < 4.78 is 28.5. The van der Waals surface area contributed by atoms with Crippen LogP contribution in [0.3, 0.4) is 0 Å². The first-order valence-electron chi connectivity index (χ1n) is 4.91. The molecular weight excluding hydrogens is 264 g/mol. The maximum atomic E-state index is 13.9. The van der Waals surface area contributed by atoms with Crippen LogP contribution in [0.15, 0.2) is 28.7 Å². The molecule has 0 atom stereocenters. The van der Waals surface area contributed by atoms with E-state index in [1.54, 1.807) is 26.0 Å². The maximum Gasteiger partial charge on any atom is 0.331 e. The molecule has 84 valence electrons. The van der Waals surface area contributed by atoms with Crippen LogP contribution >= 0.6 is 15.9 Å². The summed E-state index contributed by atoms with van der Waals surface area (Å²) in [6, 6.07) is 3.27. The molecule has 0 aliphatic rings. The van der Waals surface area contributed by atoms with E-state index >= 15 is 0 Å². The van der Waals surface area contributed by atoms with Crippen molar-refractivity contribution in [3.05, 3.63) is 34.3 Å². The number of rotatable bonds is 4. The molecule has 0 aliphatic heterocycles. The van der Waals surface area contributed by atoms with Gasteiger partial charge in [0.2, 0.25) is 0 Å². The largest absolute Gasteiger partial charge is 0.331 e. The monoisotopic (exact) mass is 277 g/mol. The first-order chi connectivity index (χ1) is 7.02. The highest BCUT2D eigenvalue weighted by atomic mass is 79.9. The van der Waals surface area contributed by atoms with Crippen LogP contribution < -0.4 is 0 Å². The van der Waals surface area contributed by atoms with Gasteiger partial charge >= 0.3 is 6.05 Å².